The van der Waals surface area contributed by atoms with Gasteiger partial charge in [0.25, 0.3) is 5.92 Å². The minimum atomic E-state index is -2.83. The van der Waals surface area contributed by atoms with Gasteiger partial charge in [-0.2, -0.15) is 5.10 Å². The van der Waals surface area contributed by atoms with Crippen LogP contribution in [0.25, 0.3) is 0 Å². The molecule has 0 aromatic carbocycles. The highest BCUT2D eigenvalue weighted by Gasteiger charge is 2.28. The fourth-order valence-corrected chi connectivity index (χ4v) is 1.17. The number of hydrogen-bond acceptors (Lipinski definition) is 2. The first kappa shape index (κ1) is 10.1. The van der Waals surface area contributed by atoms with Gasteiger partial charge in [-0.1, -0.05) is 0 Å². The van der Waals surface area contributed by atoms with Crippen molar-refractivity contribution in [1.82, 2.24) is 9.78 Å². The molecule has 0 saturated heterocycles. The van der Waals surface area contributed by atoms with Crippen LogP contribution in [0.1, 0.15) is 11.3 Å². The Morgan fingerprint density at radius 1 is 1.62 bits per heavy atom. The lowest BCUT2D eigenvalue weighted by molar-refractivity contribution is 0.0113. The van der Waals surface area contributed by atoms with E-state index in [0.29, 0.717) is 11.3 Å². The second-order valence-electron chi connectivity index (χ2n) is 3.15. The maximum atomic E-state index is 12.9. The van der Waals surface area contributed by atoms with Crippen molar-refractivity contribution < 1.29 is 8.78 Å². The van der Waals surface area contributed by atoms with E-state index in [9.17, 15) is 8.78 Å². The molecule has 1 heterocycles. The quantitative estimate of drug-likeness (QED) is 0.766. The highest BCUT2D eigenvalue weighted by molar-refractivity contribution is 5.17. The lowest BCUT2D eigenvalue weighted by atomic mass is 10.1. The second kappa shape index (κ2) is 3.41. The van der Waals surface area contributed by atoms with Crippen molar-refractivity contribution in [1.29, 1.82) is 0 Å². The highest BCUT2D eigenvalue weighted by Crippen LogP contribution is 2.19. The Bertz CT molecular complexity index is 294. The SMILES string of the molecule is Cc1nn(C)cc1CC(F)(F)CN. The first-order valence-corrected chi connectivity index (χ1v) is 4.01. The largest absolute Gasteiger partial charge is 0.325 e. The van der Waals surface area contributed by atoms with Gasteiger partial charge in [-0.05, 0) is 12.5 Å². The average molecular weight is 189 g/mol. The summed E-state index contributed by atoms with van der Waals surface area (Å²) in [6.07, 6.45) is 1.27. The van der Waals surface area contributed by atoms with Crippen molar-refractivity contribution in [2.75, 3.05) is 6.54 Å². The third-order valence-corrected chi connectivity index (χ3v) is 1.86. The number of aryl methyl sites for hydroxylation is 2. The molecule has 1 aromatic heterocycles. The van der Waals surface area contributed by atoms with Gasteiger partial charge < -0.3 is 5.73 Å². The molecule has 0 amide bonds. The molecule has 0 unspecified atom stereocenters. The fourth-order valence-electron chi connectivity index (χ4n) is 1.17. The van der Waals surface area contributed by atoms with Crippen LogP contribution in [0.4, 0.5) is 8.78 Å². The van der Waals surface area contributed by atoms with E-state index in [4.69, 9.17) is 5.73 Å². The predicted molar refractivity (Wildman–Crippen MR) is 45.7 cm³/mol. The van der Waals surface area contributed by atoms with Crippen LogP contribution in [0.5, 0.6) is 0 Å². The van der Waals surface area contributed by atoms with Gasteiger partial charge in [-0.25, -0.2) is 8.78 Å². The molecule has 0 aliphatic carbocycles. The topological polar surface area (TPSA) is 43.8 Å². The first-order chi connectivity index (χ1) is 5.94. The van der Waals surface area contributed by atoms with Crippen molar-refractivity contribution in [3.8, 4) is 0 Å². The third-order valence-electron chi connectivity index (χ3n) is 1.86. The summed E-state index contributed by atoms with van der Waals surface area (Å²) in [6, 6.07) is 0. The van der Waals surface area contributed by atoms with E-state index < -0.39 is 12.5 Å². The standard InChI is InChI=1S/C8H13F2N3/c1-6-7(4-13(2)12-6)3-8(9,10)5-11/h4H,3,5,11H2,1-2H3. The van der Waals surface area contributed by atoms with Crippen molar-refractivity contribution >= 4 is 0 Å². The van der Waals surface area contributed by atoms with Crippen molar-refractivity contribution in [3.05, 3.63) is 17.5 Å². The zero-order chi connectivity index (χ0) is 10.1. The Morgan fingerprint density at radius 2 is 2.23 bits per heavy atom. The van der Waals surface area contributed by atoms with E-state index >= 15 is 0 Å². The Morgan fingerprint density at radius 3 is 2.62 bits per heavy atom. The van der Waals surface area contributed by atoms with Crippen LogP contribution in [0.3, 0.4) is 0 Å². The summed E-state index contributed by atoms with van der Waals surface area (Å²) in [7, 11) is 1.71. The van der Waals surface area contributed by atoms with Crippen LogP contribution < -0.4 is 5.73 Å². The van der Waals surface area contributed by atoms with Crippen LogP contribution in [0.2, 0.25) is 0 Å². The van der Waals surface area contributed by atoms with Crippen LogP contribution in [0, 0.1) is 6.92 Å². The summed E-state index contributed by atoms with van der Waals surface area (Å²) in [5.74, 6) is -2.83. The summed E-state index contributed by atoms with van der Waals surface area (Å²) in [4.78, 5) is 0. The van der Waals surface area contributed by atoms with E-state index in [1.807, 2.05) is 0 Å². The molecule has 0 bridgehead atoms. The number of hydrogen-bond donors (Lipinski definition) is 1. The molecule has 0 radical (unpaired) electrons. The molecule has 0 saturated carbocycles. The number of nitrogens with zero attached hydrogens (tertiary/aromatic N) is 2. The lowest BCUT2D eigenvalue weighted by Crippen LogP contribution is -2.30. The third kappa shape index (κ3) is 2.48. The van der Waals surface area contributed by atoms with Crippen molar-refractivity contribution in [2.24, 2.45) is 12.8 Å². The minimum absolute atomic E-state index is 0.330. The molecule has 0 spiro atoms. The van der Waals surface area contributed by atoms with Gasteiger partial charge in [-0.15, -0.1) is 0 Å². The van der Waals surface area contributed by atoms with E-state index in [-0.39, 0.29) is 6.42 Å². The molecule has 13 heavy (non-hydrogen) atoms. The Balaban J connectivity index is 2.79. The molecule has 74 valence electrons. The molecular formula is C8H13F2N3. The minimum Gasteiger partial charge on any atom is -0.325 e. The molecule has 2 N–H and O–H groups in total. The summed E-state index contributed by atoms with van der Waals surface area (Å²) >= 11 is 0. The van der Waals surface area contributed by atoms with Crippen molar-refractivity contribution in [2.45, 2.75) is 19.3 Å². The Labute approximate surface area is 75.5 Å². The number of aromatic nitrogens is 2. The van der Waals surface area contributed by atoms with Gasteiger partial charge in [0.1, 0.15) is 0 Å². The van der Waals surface area contributed by atoms with E-state index in [1.165, 1.54) is 4.68 Å². The van der Waals surface area contributed by atoms with Crippen molar-refractivity contribution in [3.63, 3.8) is 0 Å². The van der Waals surface area contributed by atoms with Crippen LogP contribution >= 0.6 is 0 Å². The number of alkyl halides is 2. The normalized spacial score (nSPS) is 12.1. The van der Waals surface area contributed by atoms with Gasteiger partial charge >= 0.3 is 0 Å². The summed E-state index contributed by atoms with van der Waals surface area (Å²) in [6.45, 7) is 1.09. The zero-order valence-electron chi connectivity index (χ0n) is 7.72. The van der Waals surface area contributed by atoms with Crippen LogP contribution in [0.15, 0.2) is 6.20 Å². The molecule has 0 aliphatic heterocycles. The van der Waals surface area contributed by atoms with Gasteiger partial charge in [-0.3, -0.25) is 4.68 Å². The molecule has 0 fully saturated rings. The average Bonchev–Trinajstić information content (AvgIpc) is 2.30. The first-order valence-electron chi connectivity index (χ1n) is 4.01. The monoisotopic (exact) mass is 189 g/mol. The molecule has 0 aliphatic rings. The number of rotatable bonds is 3. The van der Waals surface area contributed by atoms with Crippen LogP contribution in [-0.2, 0) is 13.5 Å². The highest BCUT2D eigenvalue weighted by atomic mass is 19.3. The summed E-state index contributed by atoms with van der Waals surface area (Å²) < 4.78 is 27.3. The van der Waals surface area contributed by atoms with E-state index in [1.54, 1.807) is 20.2 Å². The van der Waals surface area contributed by atoms with Crippen LogP contribution in [-0.4, -0.2) is 22.2 Å². The maximum Gasteiger partial charge on any atom is 0.264 e. The van der Waals surface area contributed by atoms with E-state index in [0.717, 1.165) is 0 Å². The van der Waals surface area contributed by atoms with E-state index in [2.05, 4.69) is 5.10 Å². The van der Waals surface area contributed by atoms with Gasteiger partial charge in [0.05, 0.1) is 12.2 Å². The molecule has 5 heteroatoms. The van der Waals surface area contributed by atoms with Gasteiger partial charge in [0.2, 0.25) is 0 Å². The molecule has 3 nitrogen and oxygen atoms in total. The summed E-state index contributed by atoms with van der Waals surface area (Å²) in [5.41, 5.74) is 6.12. The number of halogens is 2. The molecular weight excluding hydrogens is 176 g/mol. The fraction of sp³-hybridized carbons (Fsp3) is 0.625. The predicted octanol–water partition coefficient (Wildman–Crippen LogP) is 0.865. The Kier molecular flexibility index (Phi) is 2.66. The lowest BCUT2D eigenvalue weighted by Gasteiger charge is -2.12. The molecule has 1 rings (SSSR count). The van der Waals surface area contributed by atoms with Gasteiger partial charge in [0, 0.05) is 19.7 Å². The number of nitrogens with two attached hydrogens (primary N) is 1. The maximum absolute atomic E-state index is 12.9. The smallest absolute Gasteiger partial charge is 0.264 e. The zero-order valence-corrected chi connectivity index (χ0v) is 7.72. The molecule has 0 atom stereocenters. The summed E-state index contributed by atoms with van der Waals surface area (Å²) in [5, 5.41) is 3.97. The second-order valence-corrected chi connectivity index (χ2v) is 3.15. The molecule has 1 aromatic rings. The Hall–Kier alpha value is -0.970. The van der Waals surface area contributed by atoms with Gasteiger partial charge in [0.15, 0.2) is 0 Å².